The predicted molar refractivity (Wildman–Crippen MR) is 73.7 cm³/mol. The highest BCUT2D eigenvalue weighted by atomic mass is 19.4. The molecule has 0 spiro atoms. The highest BCUT2D eigenvalue weighted by Crippen LogP contribution is 2.29. The molecule has 0 heterocycles. The zero-order valence-corrected chi connectivity index (χ0v) is 12.4. The highest BCUT2D eigenvalue weighted by Gasteiger charge is 2.30. The Kier molecular flexibility index (Phi) is 6.57. The van der Waals surface area contributed by atoms with Crippen LogP contribution < -0.4 is 0 Å². The van der Waals surface area contributed by atoms with E-state index in [0.29, 0.717) is 5.56 Å². The molecular formula is C15H15F3N2O3. The molecule has 0 saturated carbocycles. The Balaban J connectivity index is 2.85. The first-order chi connectivity index (χ1) is 10.8. The van der Waals surface area contributed by atoms with Gasteiger partial charge in [0, 0.05) is 19.4 Å². The van der Waals surface area contributed by atoms with Crippen molar-refractivity contribution in [1.82, 2.24) is 4.90 Å². The van der Waals surface area contributed by atoms with E-state index in [4.69, 9.17) is 5.26 Å². The van der Waals surface area contributed by atoms with Crippen LogP contribution in [0.1, 0.15) is 24.0 Å². The molecule has 23 heavy (non-hydrogen) atoms. The van der Waals surface area contributed by atoms with Crippen LogP contribution in [-0.2, 0) is 27.0 Å². The van der Waals surface area contributed by atoms with Gasteiger partial charge in [0.05, 0.1) is 18.7 Å². The summed E-state index contributed by atoms with van der Waals surface area (Å²) in [5.41, 5.74) is -0.358. The summed E-state index contributed by atoms with van der Waals surface area (Å²) in [5, 5.41) is 8.50. The van der Waals surface area contributed by atoms with Gasteiger partial charge in [0.1, 0.15) is 6.54 Å². The van der Waals surface area contributed by atoms with Crippen LogP contribution in [0.25, 0.3) is 0 Å². The normalized spacial score (nSPS) is 10.7. The topological polar surface area (TPSA) is 70.4 Å². The number of amides is 1. The summed E-state index contributed by atoms with van der Waals surface area (Å²) in [7, 11) is 1.17. The fraction of sp³-hybridized carbons (Fsp3) is 0.400. The van der Waals surface area contributed by atoms with Gasteiger partial charge >= 0.3 is 12.1 Å². The van der Waals surface area contributed by atoms with Crippen molar-refractivity contribution in [3.8, 4) is 6.07 Å². The summed E-state index contributed by atoms with van der Waals surface area (Å²) in [6, 6.07) is 6.12. The van der Waals surface area contributed by atoms with Gasteiger partial charge < -0.3 is 9.64 Å². The Bertz CT molecular complexity index is 591. The molecule has 0 saturated heterocycles. The molecular weight excluding hydrogens is 313 g/mol. The van der Waals surface area contributed by atoms with Gasteiger partial charge in [0.25, 0.3) is 0 Å². The third-order valence-electron chi connectivity index (χ3n) is 3.01. The number of nitrogens with zero attached hydrogens (tertiary/aromatic N) is 2. The second-order valence-corrected chi connectivity index (χ2v) is 4.68. The number of carbonyl (C=O) groups is 2. The lowest BCUT2D eigenvalue weighted by Gasteiger charge is -2.21. The maximum Gasteiger partial charge on any atom is 0.416 e. The van der Waals surface area contributed by atoms with Crippen LogP contribution in [0.3, 0.4) is 0 Å². The molecule has 5 nitrogen and oxygen atoms in total. The van der Waals surface area contributed by atoms with Crippen molar-refractivity contribution >= 4 is 11.9 Å². The molecule has 1 aromatic carbocycles. The second kappa shape index (κ2) is 8.17. The SMILES string of the molecule is COC(=O)CN(Cc1ccc(C(F)(F)F)cc1)C(=O)CCC#N. The summed E-state index contributed by atoms with van der Waals surface area (Å²) in [4.78, 5) is 24.5. The lowest BCUT2D eigenvalue weighted by Crippen LogP contribution is -2.35. The number of alkyl halides is 3. The maximum atomic E-state index is 12.5. The van der Waals surface area contributed by atoms with Crippen LogP contribution in [-0.4, -0.2) is 30.4 Å². The third-order valence-corrected chi connectivity index (χ3v) is 3.01. The van der Waals surface area contributed by atoms with Gasteiger partial charge in [-0.3, -0.25) is 9.59 Å². The van der Waals surface area contributed by atoms with E-state index in [2.05, 4.69) is 4.74 Å². The molecule has 0 bridgehead atoms. The van der Waals surface area contributed by atoms with Gasteiger partial charge in [-0.15, -0.1) is 0 Å². The summed E-state index contributed by atoms with van der Waals surface area (Å²) in [5.74, 6) is -1.10. The average Bonchev–Trinajstić information content (AvgIpc) is 2.51. The standard InChI is InChI=1S/C15H15F3N2O3/c1-23-14(22)10-20(13(21)3-2-8-19)9-11-4-6-12(7-5-11)15(16,17)18/h4-7H,2-3,9-10H2,1H3. The smallest absolute Gasteiger partial charge is 0.416 e. The van der Waals surface area contributed by atoms with Gasteiger partial charge in [-0.1, -0.05) is 12.1 Å². The van der Waals surface area contributed by atoms with Crippen molar-refractivity contribution in [3.63, 3.8) is 0 Å². The van der Waals surface area contributed by atoms with E-state index in [1.54, 1.807) is 0 Å². The number of benzene rings is 1. The molecule has 8 heteroatoms. The van der Waals surface area contributed by atoms with Crippen LogP contribution in [0.2, 0.25) is 0 Å². The fourth-order valence-corrected chi connectivity index (χ4v) is 1.79. The van der Waals surface area contributed by atoms with Crippen LogP contribution in [0.5, 0.6) is 0 Å². The maximum absolute atomic E-state index is 12.5. The third kappa shape index (κ3) is 5.98. The van der Waals surface area contributed by atoms with Crippen molar-refractivity contribution in [3.05, 3.63) is 35.4 Å². The largest absolute Gasteiger partial charge is 0.468 e. The van der Waals surface area contributed by atoms with Crippen molar-refractivity contribution in [2.75, 3.05) is 13.7 Å². The van der Waals surface area contributed by atoms with E-state index in [9.17, 15) is 22.8 Å². The average molecular weight is 328 g/mol. The predicted octanol–water partition coefficient (Wildman–Crippen LogP) is 2.51. The lowest BCUT2D eigenvalue weighted by molar-refractivity contribution is -0.147. The van der Waals surface area contributed by atoms with Crippen LogP contribution in [0, 0.1) is 11.3 Å². The van der Waals surface area contributed by atoms with Crippen molar-refractivity contribution < 1.29 is 27.5 Å². The number of esters is 1. The molecule has 0 aromatic heterocycles. The van der Waals surface area contributed by atoms with E-state index >= 15 is 0 Å². The molecule has 0 unspecified atom stereocenters. The summed E-state index contributed by atoms with van der Waals surface area (Å²) >= 11 is 0. The molecule has 1 amide bonds. The number of hydrogen-bond donors (Lipinski definition) is 0. The molecule has 0 aliphatic rings. The van der Waals surface area contributed by atoms with E-state index in [0.717, 1.165) is 17.0 Å². The van der Waals surface area contributed by atoms with Crippen molar-refractivity contribution in [2.24, 2.45) is 0 Å². The van der Waals surface area contributed by atoms with Gasteiger partial charge in [0.2, 0.25) is 5.91 Å². The Hall–Kier alpha value is -2.56. The van der Waals surface area contributed by atoms with E-state index in [1.165, 1.54) is 19.2 Å². The molecule has 1 rings (SSSR count). The quantitative estimate of drug-likeness (QED) is 0.752. The molecule has 0 fully saturated rings. The van der Waals surface area contributed by atoms with Crippen LogP contribution in [0.15, 0.2) is 24.3 Å². The highest BCUT2D eigenvalue weighted by molar-refractivity contribution is 5.82. The van der Waals surface area contributed by atoms with Crippen molar-refractivity contribution in [1.29, 1.82) is 5.26 Å². The first kappa shape index (κ1) is 18.5. The minimum absolute atomic E-state index is 0.0104. The lowest BCUT2D eigenvalue weighted by atomic mass is 10.1. The number of carbonyl (C=O) groups excluding carboxylic acids is 2. The number of methoxy groups -OCH3 is 1. The molecule has 0 atom stereocenters. The Labute approximate surface area is 131 Å². The van der Waals surface area contributed by atoms with Crippen LogP contribution in [0.4, 0.5) is 13.2 Å². The summed E-state index contributed by atoms with van der Waals surface area (Å²) in [6.07, 6.45) is -4.52. The summed E-state index contributed by atoms with van der Waals surface area (Å²) < 4.78 is 42.0. The van der Waals surface area contributed by atoms with E-state index < -0.39 is 23.6 Å². The van der Waals surface area contributed by atoms with E-state index in [1.807, 2.05) is 6.07 Å². The zero-order valence-electron chi connectivity index (χ0n) is 12.4. The molecule has 0 aliphatic carbocycles. The first-order valence-electron chi connectivity index (χ1n) is 6.65. The minimum atomic E-state index is -4.44. The van der Waals surface area contributed by atoms with Crippen molar-refractivity contribution in [2.45, 2.75) is 25.6 Å². The van der Waals surface area contributed by atoms with Gasteiger partial charge in [-0.25, -0.2) is 0 Å². The number of nitriles is 1. The molecule has 0 radical (unpaired) electrons. The molecule has 1 aromatic rings. The minimum Gasteiger partial charge on any atom is -0.468 e. The Morgan fingerprint density at radius 3 is 2.35 bits per heavy atom. The van der Waals surface area contributed by atoms with Crippen LogP contribution >= 0.6 is 0 Å². The molecule has 0 aliphatic heterocycles. The first-order valence-corrected chi connectivity index (χ1v) is 6.65. The van der Waals surface area contributed by atoms with Gasteiger partial charge in [0.15, 0.2) is 0 Å². The van der Waals surface area contributed by atoms with Gasteiger partial charge in [-0.2, -0.15) is 18.4 Å². The second-order valence-electron chi connectivity index (χ2n) is 4.68. The molecule has 0 N–H and O–H groups in total. The number of ether oxygens (including phenoxy) is 1. The monoisotopic (exact) mass is 328 g/mol. The Morgan fingerprint density at radius 2 is 1.87 bits per heavy atom. The number of halogens is 3. The number of hydrogen-bond acceptors (Lipinski definition) is 4. The Morgan fingerprint density at radius 1 is 1.26 bits per heavy atom. The van der Waals surface area contributed by atoms with Gasteiger partial charge in [-0.05, 0) is 17.7 Å². The fourth-order valence-electron chi connectivity index (χ4n) is 1.79. The summed E-state index contributed by atoms with van der Waals surface area (Å²) in [6.45, 7) is -0.376. The number of rotatable bonds is 6. The molecule has 124 valence electrons. The zero-order chi connectivity index (χ0) is 17.5. The van der Waals surface area contributed by atoms with E-state index in [-0.39, 0.29) is 25.9 Å².